The van der Waals surface area contributed by atoms with Crippen molar-refractivity contribution in [1.82, 2.24) is 0 Å². The Morgan fingerprint density at radius 3 is 2.86 bits per heavy atom. The second-order valence-electron chi connectivity index (χ2n) is 2.62. The Hall–Kier alpha value is -1.09. The van der Waals surface area contributed by atoms with Gasteiger partial charge in [-0.1, -0.05) is 12.7 Å². The third kappa shape index (κ3) is 2.70. The summed E-state index contributed by atoms with van der Waals surface area (Å²) in [6, 6.07) is 5.76. The Morgan fingerprint density at radius 2 is 2.29 bits per heavy atom. The number of ether oxygens (including phenoxy) is 2. The van der Waals surface area contributed by atoms with Crippen molar-refractivity contribution in [3.63, 3.8) is 0 Å². The Labute approximate surface area is 88.9 Å². The van der Waals surface area contributed by atoms with E-state index in [1.54, 1.807) is 24.9 Å². The van der Waals surface area contributed by atoms with Gasteiger partial charge in [0.2, 0.25) is 0 Å². The van der Waals surface area contributed by atoms with Gasteiger partial charge in [0.1, 0.15) is 18.1 Å². The van der Waals surface area contributed by atoms with Gasteiger partial charge in [-0.25, -0.2) is 0 Å². The van der Waals surface area contributed by atoms with Gasteiger partial charge in [0, 0.05) is 0 Å². The lowest BCUT2D eigenvalue weighted by Gasteiger charge is -2.08. The molecule has 0 unspecified atom stereocenters. The lowest BCUT2D eigenvalue weighted by Crippen LogP contribution is -1.93. The molecule has 1 aromatic rings. The van der Waals surface area contributed by atoms with Crippen LogP contribution in [0.1, 0.15) is 0 Å². The standard InChI is InChI=1S/C11H14O2S/c1-4-7-13-9-5-6-10(12-2)11(8-9)14-3/h4-6,8H,1,7H2,2-3H3. The quantitative estimate of drug-likeness (QED) is 0.550. The van der Waals surface area contributed by atoms with E-state index in [0.717, 1.165) is 16.4 Å². The Bertz CT molecular complexity index is 310. The molecular weight excluding hydrogens is 196 g/mol. The molecule has 0 saturated heterocycles. The van der Waals surface area contributed by atoms with Gasteiger partial charge in [0.25, 0.3) is 0 Å². The minimum atomic E-state index is 0.528. The van der Waals surface area contributed by atoms with Crippen LogP contribution in [-0.4, -0.2) is 20.0 Å². The molecule has 0 aliphatic rings. The molecule has 76 valence electrons. The summed E-state index contributed by atoms with van der Waals surface area (Å²) in [5, 5.41) is 0. The highest BCUT2D eigenvalue weighted by atomic mass is 32.2. The molecule has 2 nitrogen and oxygen atoms in total. The summed E-state index contributed by atoms with van der Waals surface area (Å²) in [6.45, 7) is 4.13. The van der Waals surface area contributed by atoms with Crippen molar-refractivity contribution < 1.29 is 9.47 Å². The number of hydrogen-bond donors (Lipinski definition) is 0. The largest absolute Gasteiger partial charge is 0.496 e. The molecule has 1 aromatic carbocycles. The van der Waals surface area contributed by atoms with Gasteiger partial charge in [-0.2, -0.15) is 0 Å². The molecular formula is C11H14O2S. The lowest BCUT2D eigenvalue weighted by atomic mass is 10.3. The summed E-state index contributed by atoms with van der Waals surface area (Å²) >= 11 is 1.64. The van der Waals surface area contributed by atoms with E-state index in [2.05, 4.69) is 6.58 Å². The number of benzene rings is 1. The average Bonchev–Trinajstić information content (AvgIpc) is 2.25. The van der Waals surface area contributed by atoms with E-state index in [-0.39, 0.29) is 0 Å². The third-order valence-corrected chi connectivity index (χ3v) is 2.48. The lowest BCUT2D eigenvalue weighted by molar-refractivity contribution is 0.358. The minimum Gasteiger partial charge on any atom is -0.496 e. The zero-order chi connectivity index (χ0) is 10.4. The fourth-order valence-corrected chi connectivity index (χ4v) is 1.65. The van der Waals surface area contributed by atoms with Crippen LogP contribution in [0.5, 0.6) is 11.5 Å². The summed E-state index contributed by atoms with van der Waals surface area (Å²) in [7, 11) is 1.67. The Morgan fingerprint density at radius 1 is 1.50 bits per heavy atom. The molecule has 3 heteroatoms. The van der Waals surface area contributed by atoms with Crippen LogP contribution in [-0.2, 0) is 0 Å². The fraction of sp³-hybridized carbons (Fsp3) is 0.273. The average molecular weight is 210 g/mol. The van der Waals surface area contributed by atoms with Crippen molar-refractivity contribution in [2.75, 3.05) is 20.0 Å². The molecule has 0 N–H and O–H groups in total. The molecule has 0 aliphatic carbocycles. The third-order valence-electron chi connectivity index (χ3n) is 1.72. The van der Waals surface area contributed by atoms with Gasteiger partial charge in [-0.05, 0) is 24.5 Å². The topological polar surface area (TPSA) is 18.5 Å². The molecule has 0 heterocycles. The van der Waals surface area contributed by atoms with E-state index >= 15 is 0 Å². The summed E-state index contributed by atoms with van der Waals surface area (Å²) in [5.41, 5.74) is 0. The molecule has 0 fully saturated rings. The van der Waals surface area contributed by atoms with E-state index in [9.17, 15) is 0 Å². The molecule has 0 aromatic heterocycles. The van der Waals surface area contributed by atoms with E-state index < -0.39 is 0 Å². The summed E-state index contributed by atoms with van der Waals surface area (Å²) in [6.07, 6.45) is 3.73. The molecule has 0 radical (unpaired) electrons. The van der Waals surface area contributed by atoms with Crippen LogP contribution in [0, 0.1) is 0 Å². The van der Waals surface area contributed by atoms with Crippen LogP contribution in [0.15, 0.2) is 35.7 Å². The van der Waals surface area contributed by atoms with Crippen LogP contribution in [0.2, 0.25) is 0 Å². The van der Waals surface area contributed by atoms with E-state index in [0.29, 0.717) is 6.61 Å². The molecule has 0 bridgehead atoms. The maximum absolute atomic E-state index is 5.41. The summed E-state index contributed by atoms with van der Waals surface area (Å²) < 4.78 is 10.6. The normalized spacial score (nSPS) is 9.57. The monoisotopic (exact) mass is 210 g/mol. The number of methoxy groups -OCH3 is 1. The first-order valence-corrected chi connectivity index (χ1v) is 5.50. The highest BCUT2D eigenvalue weighted by Gasteiger charge is 2.03. The molecule has 0 atom stereocenters. The Kier molecular flexibility index (Phi) is 4.40. The molecule has 0 aliphatic heterocycles. The van der Waals surface area contributed by atoms with Crippen molar-refractivity contribution in [1.29, 1.82) is 0 Å². The first-order valence-electron chi connectivity index (χ1n) is 4.27. The van der Waals surface area contributed by atoms with Crippen molar-refractivity contribution in [3.05, 3.63) is 30.9 Å². The molecule has 0 amide bonds. The van der Waals surface area contributed by atoms with Gasteiger partial charge in [0.05, 0.1) is 12.0 Å². The first-order chi connectivity index (χ1) is 6.81. The molecule has 0 spiro atoms. The van der Waals surface area contributed by atoms with E-state index in [1.807, 2.05) is 24.5 Å². The van der Waals surface area contributed by atoms with E-state index in [1.165, 1.54) is 0 Å². The highest BCUT2D eigenvalue weighted by Crippen LogP contribution is 2.31. The van der Waals surface area contributed by atoms with Crippen molar-refractivity contribution >= 4 is 11.8 Å². The first kappa shape index (κ1) is 11.0. The molecule has 1 rings (SSSR count). The van der Waals surface area contributed by atoms with Crippen molar-refractivity contribution in [3.8, 4) is 11.5 Å². The predicted octanol–water partition coefficient (Wildman–Crippen LogP) is 2.98. The van der Waals surface area contributed by atoms with Gasteiger partial charge in [0.15, 0.2) is 0 Å². The zero-order valence-corrected chi connectivity index (χ0v) is 9.26. The second kappa shape index (κ2) is 5.60. The number of rotatable bonds is 5. The van der Waals surface area contributed by atoms with Gasteiger partial charge in [-0.3, -0.25) is 0 Å². The zero-order valence-electron chi connectivity index (χ0n) is 8.45. The molecule has 14 heavy (non-hydrogen) atoms. The maximum Gasteiger partial charge on any atom is 0.132 e. The summed E-state index contributed by atoms with van der Waals surface area (Å²) in [4.78, 5) is 1.08. The van der Waals surface area contributed by atoms with Crippen molar-refractivity contribution in [2.24, 2.45) is 0 Å². The number of hydrogen-bond acceptors (Lipinski definition) is 3. The second-order valence-corrected chi connectivity index (χ2v) is 3.46. The van der Waals surface area contributed by atoms with Gasteiger partial charge in [-0.15, -0.1) is 11.8 Å². The van der Waals surface area contributed by atoms with E-state index in [4.69, 9.17) is 9.47 Å². The SMILES string of the molecule is C=CCOc1ccc(OC)c(SC)c1. The highest BCUT2D eigenvalue weighted by molar-refractivity contribution is 7.98. The molecule has 0 saturated carbocycles. The van der Waals surface area contributed by atoms with Crippen LogP contribution in [0.3, 0.4) is 0 Å². The van der Waals surface area contributed by atoms with Gasteiger partial charge >= 0.3 is 0 Å². The van der Waals surface area contributed by atoms with Crippen LogP contribution < -0.4 is 9.47 Å². The predicted molar refractivity (Wildman–Crippen MR) is 60.5 cm³/mol. The smallest absolute Gasteiger partial charge is 0.132 e. The van der Waals surface area contributed by atoms with Crippen molar-refractivity contribution in [2.45, 2.75) is 4.90 Å². The maximum atomic E-state index is 5.41. The fourth-order valence-electron chi connectivity index (χ4n) is 1.06. The van der Waals surface area contributed by atoms with Crippen LogP contribution in [0.25, 0.3) is 0 Å². The summed E-state index contributed by atoms with van der Waals surface area (Å²) in [5.74, 6) is 1.72. The van der Waals surface area contributed by atoms with Crippen LogP contribution >= 0.6 is 11.8 Å². The van der Waals surface area contributed by atoms with Crippen LogP contribution in [0.4, 0.5) is 0 Å². The minimum absolute atomic E-state index is 0.528. The Balaban J connectivity index is 2.83. The van der Waals surface area contributed by atoms with Gasteiger partial charge < -0.3 is 9.47 Å². The number of thioether (sulfide) groups is 1.